The number of hydrogen-bond donors (Lipinski definition) is 2. The lowest BCUT2D eigenvalue weighted by molar-refractivity contribution is -0.112. The van der Waals surface area contributed by atoms with Crippen LogP contribution >= 0.6 is 28.7 Å². The summed E-state index contributed by atoms with van der Waals surface area (Å²) in [6, 6.07) is 10.0. The molecule has 1 N–H and O–H groups in total. The van der Waals surface area contributed by atoms with Gasteiger partial charge in [-0.05, 0) is 35.4 Å². The van der Waals surface area contributed by atoms with Crippen molar-refractivity contribution in [1.82, 2.24) is 14.5 Å². The van der Waals surface area contributed by atoms with E-state index in [2.05, 4.69) is 34.1 Å². The molecule has 0 bridgehead atoms. The number of halogens is 2. The van der Waals surface area contributed by atoms with Crippen LogP contribution in [0, 0.1) is 5.82 Å². The summed E-state index contributed by atoms with van der Waals surface area (Å²) in [6.45, 7) is 0.471. The first kappa shape index (κ1) is 19.4. The van der Waals surface area contributed by atoms with Crippen LogP contribution in [0.5, 0.6) is 0 Å². The van der Waals surface area contributed by atoms with Gasteiger partial charge in [-0.2, -0.15) is 0 Å². The first-order valence-corrected chi connectivity index (χ1v) is 9.15. The second kappa shape index (κ2) is 8.10. The number of rotatable bonds is 5. The van der Waals surface area contributed by atoms with Crippen LogP contribution in [0.1, 0.15) is 27.5 Å². The molecule has 2 aromatic carbocycles. The van der Waals surface area contributed by atoms with Crippen molar-refractivity contribution in [2.24, 2.45) is 0 Å². The molecule has 1 heterocycles. The second-order valence-electron chi connectivity index (χ2n) is 5.99. The average Bonchev–Trinajstić information content (AvgIpc) is 2.96. The Morgan fingerprint density at radius 3 is 2.70 bits per heavy atom. The maximum atomic E-state index is 13.4. The Labute approximate surface area is 169 Å². The third-order valence-electron chi connectivity index (χ3n) is 4.23. The summed E-state index contributed by atoms with van der Waals surface area (Å²) in [6.07, 6.45) is 0.275. The number of nitrogens with zero attached hydrogens (tertiary/aromatic N) is 2. The summed E-state index contributed by atoms with van der Waals surface area (Å²) < 4.78 is 14.9. The quantitative estimate of drug-likeness (QED) is 0.541. The predicted octanol–water partition coefficient (Wildman–Crippen LogP) is 3.30. The topological polar surface area (TPSA) is 69.7 Å². The molecule has 1 aliphatic rings. The summed E-state index contributed by atoms with van der Waals surface area (Å²) in [7, 11) is 0. The lowest BCUT2D eigenvalue weighted by Gasteiger charge is -2.26. The van der Waals surface area contributed by atoms with Gasteiger partial charge in [0, 0.05) is 23.1 Å². The van der Waals surface area contributed by atoms with Gasteiger partial charge in [-0.25, -0.2) is 13.5 Å². The van der Waals surface area contributed by atoms with E-state index in [-0.39, 0.29) is 18.9 Å². The Hall–Kier alpha value is -2.39. The lowest BCUT2D eigenvalue weighted by Crippen LogP contribution is -2.41. The normalized spacial score (nSPS) is 13.9. The van der Waals surface area contributed by atoms with Crippen LogP contribution in [0.15, 0.2) is 46.9 Å². The number of carbonyl (C=O) groups is 3. The molecule has 0 saturated carbocycles. The van der Waals surface area contributed by atoms with Gasteiger partial charge >= 0.3 is 6.03 Å². The van der Waals surface area contributed by atoms with Crippen molar-refractivity contribution >= 4 is 47.1 Å². The zero-order valence-corrected chi connectivity index (χ0v) is 16.4. The number of imide groups is 1. The number of nitrogens with one attached hydrogen (secondary N) is 1. The summed E-state index contributed by atoms with van der Waals surface area (Å²) in [5.41, 5.74) is 1.79. The highest BCUT2D eigenvalue weighted by Crippen LogP contribution is 2.26. The van der Waals surface area contributed by atoms with Gasteiger partial charge < -0.3 is 10.2 Å². The van der Waals surface area contributed by atoms with Gasteiger partial charge in [0.1, 0.15) is 5.82 Å². The first-order chi connectivity index (χ1) is 12.9. The SMILES string of the molecule is O=CN(S)C(=O)N[C@@H](CN1Cc2ccc(F)cc2C1=O)c1ccc(Br)cc1. The van der Waals surface area contributed by atoms with Crippen LogP contribution in [-0.4, -0.2) is 34.1 Å². The van der Waals surface area contributed by atoms with E-state index in [0.29, 0.717) is 16.4 Å². The molecule has 140 valence electrons. The predicted molar refractivity (Wildman–Crippen MR) is 103 cm³/mol. The number of fused-ring (bicyclic) bond motifs is 1. The summed E-state index contributed by atoms with van der Waals surface area (Å²) >= 11 is 7.12. The van der Waals surface area contributed by atoms with Crippen LogP contribution in [0.4, 0.5) is 9.18 Å². The Morgan fingerprint density at radius 2 is 2.04 bits per heavy atom. The van der Waals surface area contributed by atoms with Crippen molar-refractivity contribution < 1.29 is 18.8 Å². The number of amides is 4. The monoisotopic (exact) mass is 451 g/mol. The molecular weight excluding hydrogens is 437 g/mol. The minimum absolute atomic E-state index is 0.156. The maximum Gasteiger partial charge on any atom is 0.334 e. The number of thiol groups is 1. The van der Waals surface area contributed by atoms with Crippen LogP contribution < -0.4 is 5.32 Å². The van der Waals surface area contributed by atoms with Crippen LogP contribution in [0.2, 0.25) is 0 Å². The molecule has 0 aliphatic carbocycles. The van der Waals surface area contributed by atoms with Crippen molar-refractivity contribution in [2.75, 3.05) is 6.54 Å². The highest BCUT2D eigenvalue weighted by atomic mass is 79.9. The van der Waals surface area contributed by atoms with E-state index >= 15 is 0 Å². The third-order valence-corrected chi connectivity index (χ3v) is 5.04. The van der Waals surface area contributed by atoms with Crippen LogP contribution in [0.25, 0.3) is 0 Å². The van der Waals surface area contributed by atoms with Crippen molar-refractivity contribution in [2.45, 2.75) is 12.6 Å². The molecule has 1 atom stereocenters. The molecule has 1 aliphatic heterocycles. The van der Waals surface area contributed by atoms with Crippen molar-refractivity contribution in [3.8, 4) is 0 Å². The summed E-state index contributed by atoms with van der Waals surface area (Å²) in [4.78, 5) is 37.0. The van der Waals surface area contributed by atoms with Gasteiger partial charge in [-0.1, -0.05) is 46.9 Å². The van der Waals surface area contributed by atoms with Crippen LogP contribution in [-0.2, 0) is 11.3 Å². The summed E-state index contributed by atoms with van der Waals surface area (Å²) in [5, 5.41) is 2.69. The Balaban J connectivity index is 1.83. The van der Waals surface area contributed by atoms with Crippen molar-refractivity contribution in [1.29, 1.82) is 0 Å². The highest BCUT2D eigenvalue weighted by Gasteiger charge is 2.30. The smallest absolute Gasteiger partial charge is 0.332 e. The van der Waals surface area contributed by atoms with E-state index in [1.165, 1.54) is 17.0 Å². The van der Waals surface area contributed by atoms with Gasteiger partial charge in [0.25, 0.3) is 5.91 Å². The third kappa shape index (κ3) is 4.30. The van der Waals surface area contributed by atoms with Gasteiger partial charge in [0.15, 0.2) is 0 Å². The van der Waals surface area contributed by atoms with E-state index in [9.17, 15) is 18.8 Å². The van der Waals surface area contributed by atoms with Gasteiger partial charge in [-0.3, -0.25) is 9.59 Å². The number of urea groups is 1. The highest BCUT2D eigenvalue weighted by molar-refractivity contribution is 9.10. The lowest BCUT2D eigenvalue weighted by atomic mass is 10.1. The number of carbonyl (C=O) groups excluding carboxylic acids is 3. The molecule has 0 radical (unpaired) electrons. The minimum atomic E-state index is -0.712. The molecule has 3 rings (SSSR count). The molecule has 2 aromatic rings. The summed E-state index contributed by atoms with van der Waals surface area (Å²) in [5.74, 6) is -0.780. The maximum absolute atomic E-state index is 13.4. The number of benzene rings is 2. The molecule has 0 spiro atoms. The van der Waals surface area contributed by atoms with E-state index in [1.54, 1.807) is 18.2 Å². The van der Waals surface area contributed by atoms with E-state index in [1.807, 2.05) is 12.1 Å². The first-order valence-electron chi connectivity index (χ1n) is 7.96. The van der Waals surface area contributed by atoms with Gasteiger partial charge in [0.2, 0.25) is 6.41 Å². The molecule has 0 fully saturated rings. The molecular formula is C18H15BrFN3O3S. The zero-order valence-electron chi connectivity index (χ0n) is 13.9. The standard InChI is InChI=1S/C18H15BrFN3O3S/c19-13-4-1-11(2-5-13)16(21-18(26)23(27)10-24)9-22-8-12-3-6-14(20)7-15(12)17(22)25/h1-7,10,16,27H,8-9H2,(H,21,26)/t16-/m0/s1. The fraction of sp³-hybridized carbons (Fsp3) is 0.167. The van der Waals surface area contributed by atoms with Gasteiger partial charge in [-0.15, -0.1) is 0 Å². The number of hydrogen-bond acceptors (Lipinski definition) is 4. The fourth-order valence-electron chi connectivity index (χ4n) is 2.89. The zero-order chi connectivity index (χ0) is 19.6. The molecule has 9 heteroatoms. The second-order valence-corrected chi connectivity index (χ2v) is 7.34. The largest absolute Gasteiger partial charge is 0.334 e. The van der Waals surface area contributed by atoms with Crippen LogP contribution in [0.3, 0.4) is 0 Å². The molecule has 0 saturated heterocycles. The molecule has 0 aromatic heterocycles. The molecule has 4 amide bonds. The molecule has 27 heavy (non-hydrogen) atoms. The molecule has 6 nitrogen and oxygen atoms in total. The minimum Gasteiger partial charge on any atom is -0.332 e. The molecule has 0 unspecified atom stereocenters. The van der Waals surface area contributed by atoms with E-state index in [0.717, 1.165) is 15.6 Å². The van der Waals surface area contributed by atoms with Crippen molar-refractivity contribution in [3.63, 3.8) is 0 Å². The fourth-order valence-corrected chi connectivity index (χ4v) is 3.22. The Bertz CT molecular complexity index is 894. The Morgan fingerprint density at radius 1 is 1.33 bits per heavy atom. The van der Waals surface area contributed by atoms with Gasteiger partial charge in [0.05, 0.1) is 6.04 Å². The Kier molecular flexibility index (Phi) is 5.81. The van der Waals surface area contributed by atoms with E-state index in [4.69, 9.17) is 0 Å². The average molecular weight is 452 g/mol. The van der Waals surface area contributed by atoms with E-state index < -0.39 is 17.9 Å². The van der Waals surface area contributed by atoms with Crippen molar-refractivity contribution in [3.05, 3.63) is 69.4 Å².